The lowest BCUT2D eigenvalue weighted by Gasteiger charge is -2.40. The van der Waals surface area contributed by atoms with Crippen LogP contribution in [0.4, 0.5) is 0 Å². The minimum Gasteiger partial charge on any atom is -0.832 e. The molecule has 0 rings (SSSR count). The Morgan fingerprint density at radius 3 is 0.391 bits per heavy atom. The maximum atomic E-state index is 8.64. The van der Waals surface area contributed by atoms with Crippen molar-refractivity contribution >= 4 is 7.32 Å². The van der Waals surface area contributed by atoms with Crippen LogP contribution in [0.5, 0.6) is 0 Å². The Morgan fingerprint density at radius 2 is 0.290 bits per heavy atom. The van der Waals surface area contributed by atoms with Crippen molar-refractivity contribution in [3.8, 4) is 0 Å². The van der Waals surface area contributed by atoms with Gasteiger partial charge in [-0.3, -0.25) is 0 Å². The van der Waals surface area contributed by atoms with Gasteiger partial charge < -0.3 is 19.6 Å². The highest BCUT2D eigenvalue weighted by atomic mass is 16.5. The molecule has 69 heavy (non-hydrogen) atoms. The average Bonchev–Trinajstić information content (AvgIpc) is 3.34. The average molecular weight is 977 g/mol. The Morgan fingerprint density at radius 1 is 0.203 bits per heavy atom. The fraction of sp³-hybridized carbons (Fsp3) is 1.00. The predicted molar refractivity (Wildman–Crippen MR) is 311 cm³/mol. The lowest BCUT2D eigenvalue weighted by molar-refractivity contribution is -0.929. The summed E-state index contributed by atoms with van der Waals surface area (Å²) < 4.78 is 1.49. The quantitative estimate of drug-likeness (QED) is 0.0363. The van der Waals surface area contributed by atoms with Gasteiger partial charge in [0.15, 0.2) is 0 Å². The minimum atomic E-state index is -2.42. The van der Waals surface area contributed by atoms with E-state index in [2.05, 4.69) is 27.7 Å². The molecule has 0 aromatic heterocycles. The summed E-state index contributed by atoms with van der Waals surface area (Å²) in [7, 11) is -2.42. The molecule has 0 aromatic carbocycles. The number of nitrogens with zero attached hydrogens (tertiary/aromatic N) is 1. The highest BCUT2D eigenvalue weighted by molar-refractivity contribution is 6.28. The zero-order valence-electron chi connectivity index (χ0n) is 48.8. The van der Waals surface area contributed by atoms with Crippen molar-refractivity contribution in [3.63, 3.8) is 0 Å². The van der Waals surface area contributed by atoms with E-state index >= 15 is 0 Å². The van der Waals surface area contributed by atoms with E-state index in [9.17, 15) is 0 Å². The fourth-order valence-electron chi connectivity index (χ4n) is 11.2. The Kier molecular flexibility index (Phi) is 65.9. The smallest absolute Gasteiger partial charge is 0.339 e. The van der Waals surface area contributed by atoms with Crippen molar-refractivity contribution in [2.45, 2.75) is 387 Å². The molecular weight excluding hydrogens is 842 g/mol. The summed E-state index contributed by atoms with van der Waals surface area (Å²) in [6.07, 6.45) is 82.7. The number of unbranched alkanes of at least 4 members (excludes halogenated alkanes) is 52. The van der Waals surface area contributed by atoms with Crippen LogP contribution in [0.25, 0.3) is 0 Å². The van der Waals surface area contributed by atoms with Crippen LogP contribution in [0.1, 0.15) is 387 Å². The van der Waals surface area contributed by atoms with Gasteiger partial charge in [0.05, 0.1) is 26.2 Å². The van der Waals surface area contributed by atoms with Crippen LogP contribution in [0.2, 0.25) is 0 Å². The molecule has 0 fully saturated rings. The standard InChI is InChI=1S/C64H132N.BH2O3/c1-5-9-13-17-21-25-29-33-37-41-45-49-53-57-61-65(62-58-54-50-46-42-38-34-30-26-22-18-14-10-6-2,63-59-55-51-47-43-39-35-31-27-23-19-15-11-7-3)64-60-56-52-48-44-40-36-32-28-24-20-16-12-8-4;2-1(3)4/h5-64H2,1-4H3;2-3H/q+1;-1. The second-order valence-electron chi connectivity index (χ2n) is 22.9. The molecule has 0 aliphatic heterocycles. The molecule has 0 atom stereocenters. The first-order valence-electron chi connectivity index (χ1n) is 32.8. The molecule has 5 heteroatoms. The molecule has 0 heterocycles. The summed E-state index contributed by atoms with van der Waals surface area (Å²) in [5, 5.41) is 22.8. The summed E-state index contributed by atoms with van der Waals surface area (Å²) in [4.78, 5) is 0. The number of hydrogen-bond donors (Lipinski definition) is 2. The Hall–Kier alpha value is -0.0951. The van der Waals surface area contributed by atoms with E-state index in [1.54, 1.807) is 0 Å². The van der Waals surface area contributed by atoms with Crippen LogP contribution in [-0.4, -0.2) is 48.0 Å². The van der Waals surface area contributed by atoms with Crippen LogP contribution >= 0.6 is 0 Å². The van der Waals surface area contributed by atoms with E-state index in [1.165, 1.54) is 390 Å². The van der Waals surface area contributed by atoms with Crippen LogP contribution in [0.3, 0.4) is 0 Å². The first-order valence-corrected chi connectivity index (χ1v) is 32.8. The SMILES string of the molecule is CCCCCCCCCCCCCCCC[N+](CCCCCCCCCCCCCCCC)(CCCCCCCCCCCCCCCC)CCCCCCCCCCCCCCCC.[O-]B(O)O. The lowest BCUT2D eigenvalue weighted by atomic mass is 10.0. The largest absolute Gasteiger partial charge is 0.832 e. The van der Waals surface area contributed by atoms with Gasteiger partial charge in [-0.2, -0.15) is 0 Å². The van der Waals surface area contributed by atoms with Crippen LogP contribution in [0.15, 0.2) is 0 Å². The van der Waals surface area contributed by atoms with Crippen molar-refractivity contribution in [3.05, 3.63) is 0 Å². The zero-order valence-corrected chi connectivity index (χ0v) is 48.8. The monoisotopic (exact) mass is 976 g/mol. The normalized spacial score (nSPS) is 11.7. The summed E-state index contributed by atoms with van der Waals surface area (Å²) in [5.41, 5.74) is 0. The van der Waals surface area contributed by atoms with Crippen LogP contribution in [0, 0.1) is 0 Å². The van der Waals surface area contributed by atoms with Gasteiger partial charge in [-0.1, -0.05) is 336 Å². The van der Waals surface area contributed by atoms with Crippen molar-refractivity contribution in [1.82, 2.24) is 0 Å². The summed E-state index contributed by atoms with van der Waals surface area (Å²) >= 11 is 0. The maximum Gasteiger partial charge on any atom is 0.339 e. The Bertz CT molecular complexity index is 735. The van der Waals surface area contributed by atoms with Gasteiger partial charge in [-0.05, 0) is 51.4 Å². The highest BCUT2D eigenvalue weighted by Crippen LogP contribution is 2.23. The van der Waals surface area contributed by atoms with E-state index < -0.39 is 7.32 Å². The molecule has 0 amide bonds. The van der Waals surface area contributed by atoms with Crippen LogP contribution in [-0.2, 0) is 0 Å². The van der Waals surface area contributed by atoms with Crippen molar-refractivity contribution in [2.75, 3.05) is 26.2 Å². The molecule has 0 aromatic rings. The molecule has 4 nitrogen and oxygen atoms in total. The number of quaternary nitrogens is 1. The van der Waals surface area contributed by atoms with Crippen LogP contribution < -0.4 is 5.02 Å². The van der Waals surface area contributed by atoms with Gasteiger partial charge in [0.1, 0.15) is 0 Å². The Balaban J connectivity index is 0. The van der Waals surface area contributed by atoms with E-state index in [0.29, 0.717) is 0 Å². The molecule has 0 saturated carbocycles. The van der Waals surface area contributed by atoms with E-state index in [0.717, 1.165) is 0 Å². The predicted octanol–water partition coefficient (Wildman–Crippen LogP) is 21.0. The zero-order chi connectivity index (χ0) is 50.5. The third-order valence-electron chi connectivity index (χ3n) is 15.9. The van der Waals surface area contributed by atoms with Crippen molar-refractivity contribution in [2.24, 2.45) is 0 Å². The third kappa shape index (κ3) is 64.0. The molecular formula is C64H134BNO3. The van der Waals surface area contributed by atoms with Crippen molar-refractivity contribution in [1.29, 1.82) is 0 Å². The van der Waals surface area contributed by atoms with E-state index in [4.69, 9.17) is 15.1 Å². The molecule has 0 bridgehead atoms. The molecule has 0 saturated heterocycles. The van der Waals surface area contributed by atoms with E-state index in [1.807, 2.05) is 0 Å². The topological polar surface area (TPSA) is 63.5 Å². The Labute approximate surface area is 438 Å². The summed E-state index contributed by atoms with van der Waals surface area (Å²) in [6.45, 7) is 15.3. The molecule has 416 valence electrons. The molecule has 0 aliphatic carbocycles. The first-order chi connectivity index (χ1) is 34.0. The first kappa shape index (κ1) is 71.0. The minimum absolute atomic E-state index is 1.37. The van der Waals surface area contributed by atoms with Crippen molar-refractivity contribution < 1.29 is 19.6 Å². The van der Waals surface area contributed by atoms with E-state index in [-0.39, 0.29) is 0 Å². The number of hydrogen-bond acceptors (Lipinski definition) is 3. The molecule has 2 N–H and O–H groups in total. The number of rotatable bonds is 60. The summed E-state index contributed by atoms with van der Waals surface area (Å²) in [6, 6.07) is 0. The molecule has 0 aliphatic rings. The summed E-state index contributed by atoms with van der Waals surface area (Å²) in [5.74, 6) is 0. The highest BCUT2D eigenvalue weighted by Gasteiger charge is 2.26. The second kappa shape index (κ2) is 64.0. The maximum absolute atomic E-state index is 8.64. The van der Waals surface area contributed by atoms with Gasteiger partial charge in [-0.15, -0.1) is 0 Å². The second-order valence-corrected chi connectivity index (χ2v) is 22.9. The van der Waals surface area contributed by atoms with Gasteiger partial charge in [0.2, 0.25) is 0 Å². The molecule has 0 radical (unpaired) electrons. The third-order valence-corrected chi connectivity index (χ3v) is 15.9. The molecule has 0 unspecified atom stereocenters. The van der Waals surface area contributed by atoms with Gasteiger partial charge in [-0.25, -0.2) is 0 Å². The van der Waals surface area contributed by atoms with Gasteiger partial charge in [0.25, 0.3) is 0 Å². The van der Waals surface area contributed by atoms with Gasteiger partial charge in [0, 0.05) is 0 Å². The lowest BCUT2D eigenvalue weighted by Crippen LogP contribution is -2.50. The molecule has 0 spiro atoms. The fourth-order valence-corrected chi connectivity index (χ4v) is 11.2. The van der Waals surface area contributed by atoms with Gasteiger partial charge >= 0.3 is 7.32 Å².